The number of ether oxygens (including phenoxy) is 5. The molecule has 0 aromatic heterocycles. The van der Waals surface area contributed by atoms with Crippen LogP contribution in [0.1, 0.15) is 15.9 Å². The van der Waals surface area contributed by atoms with Gasteiger partial charge in [0.25, 0.3) is 0 Å². The predicted molar refractivity (Wildman–Crippen MR) is 93.9 cm³/mol. The summed E-state index contributed by atoms with van der Waals surface area (Å²) in [6.45, 7) is 0.866. The Kier molecular flexibility index (Phi) is 4.41. The van der Waals surface area contributed by atoms with Crippen molar-refractivity contribution < 1.29 is 28.5 Å². The lowest BCUT2D eigenvalue weighted by Gasteiger charge is -2.26. The number of rotatable bonds is 6. The van der Waals surface area contributed by atoms with E-state index in [0.29, 0.717) is 18.8 Å². The molecule has 27 heavy (non-hydrogen) atoms. The highest BCUT2D eigenvalue weighted by Crippen LogP contribution is 2.45. The van der Waals surface area contributed by atoms with Crippen molar-refractivity contribution in [2.24, 2.45) is 0 Å². The summed E-state index contributed by atoms with van der Waals surface area (Å²) in [5.74, 6) is -0.382. The Bertz CT molecular complexity index is 795. The molecule has 5 rings (SSSR count). The zero-order valence-corrected chi connectivity index (χ0v) is 14.6. The summed E-state index contributed by atoms with van der Waals surface area (Å²) in [6, 6.07) is 18.9. The van der Waals surface area contributed by atoms with Crippen LogP contribution in [0, 0.1) is 0 Å². The van der Waals surface area contributed by atoms with Crippen LogP contribution in [0.25, 0.3) is 0 Å². The SMILES string of the molecule is O=C(O[C@@H]1[C@H]2O[C@H]2[C@H]2O[C@@H]1[C@H](COCc1ccccc1)O2)c1ccccc1. The lowest BCUT2D eigenvalue weighted by Crippen LogP contribution is -2.46. The first-order valence-corrected chi connectivity index (χ1v) is 9.14. The Morgan fingerprint density at radius 1 is 0.852 bits per heavy atom. The van der Waals surface area contributed by atoms with E-state index in [9.17, 15) is 4.79 Å². The first-order valence-electron chi connectivity index (χ1n) is 9.14. The van der Waals surface area contributed by atoms with Crippen molar-refractivity contribution in [3.63, 3.8) is 0 Å². The highest BCUT2D eigenvalue weighted by atomic mass is 16.8. The number of hydrogen-bond acceptors (Lipinski definition) is 6. The number of esters is 1. The quantitative estimate of drug-likeness (QED) is 0.576. The van der Waals surface area contributed by atoms with Crippen LogP contribution in [0.5, 0.6) is 0 Å². The maximum absolute atomic E-state index is 12.5. The molecule has 0 N–H and O–H groups in total. The maximum atomic E-state index is 12.5. The van der Waals surface area contributed by atoms with E-state index in [-0.39, 0.29) is 30.4 Å². The zero-order valence-electron chi connectivity index (χ0n) is 14.6. The van der Waals surface area contributed by atoms with Crippen molar-refractivity contribution in [2.45, 2.75) is 43.4 Å². The second-order valence-electron chi connectivity index (χ2n) is 6.95. The topological polar surface area (TPSA) is 66.5 Å². The minimum absolute atomic E-state index is 0.166. The lowest BCUT2D eigenvalue weighted by molar-refractivity contribution is -0.109. The van der Waals surface area contributed by atoms with E-state index in [2.05, 4.69) is 0 Å². The molecule has 2 bridgehead atoms. The van der Waals surface area contributed by atoms with E-state index < -0.39 is 12.4 Å². The van der Waals surface area contributed by atoms with Gasteiger partial charge < -0.3 is 23.7 Å². The number of benzene rings is 2. The maximum Gasteiger partial charge on any atom is 0.338 e. The number of epoxide rings is 1. The third-order valence-corrected chi connectivity index (χ3v) is 5.09. The van der Waals surface area contributed by atoms with Crippen molar-refractivity contribution in [3.05, 3.63) is 71.8 Å². The lowest BCUT2D eigenvalue weighted by atomic mass is 10.0. The molecule has 3 aliphatic heterocycles. The van der Waals surface area contributed by atoms with Gasteiger partial charge in [0.1, 0.15) is 24.4 Å². The van der Waals surface area contributed by atoms with E-state index in [0.717, 1.165) is 5.56 Å². The Hall–Kier alpha value is -2.25. The molecule has 6 atom stereocenters. The molecule has 6 nitrogen and oxygen atoms in total. The molecule has 2 aromatic rings. The van der Waals surface area contributed by atoms with Gasteiger partial charge in [-0.1, -0.05) is 48.5 Å². The summed E-state index contributed by atoms with van der Waals surface area (Å²) in [4.78, 5) is 12.5. The van der Waals surface area contributed by atoms with Gasteiger partial charge in [-0.3, -0.25) is 0 Å². The molecule has 0 saturated carbocycles. The molecule has 0 unspecified atom stereocenters. The van der Waals surface area contributed by atoms with Crippen LogP contribution in [0.2, 0.25) is 0 Å². The fourth-order valence-corrected chi connectivity index (χ4v) is 3.68. The molecule has 0 aliphatic carbocycles. The van der Waals surface area contributed by atoms with Gasteiger partial charge in [-0.25, -0.2) is 4.79 Å². The van der Waals surface area contributed by atoms with Crippen molar-refractivity contribution in [1.82, 2.24) is 0 Å². The monoisotopic (exact) mass is 368 g/mol. The van der Waals surface area contributed by atoms with E-state index >= 15 is 0 Å². The molecule has 2 aromatic carbocycles. The molecular weight excluding hydrogens is 348 g/mol. The Morgan fingerprint density at radius 2 is 1.59 bits per heavy atom. The minimum atomic E-state index is -0.494. The van der Waals surface area contributed by atoms with E-state index in [4.69, 9.17) is 23.7 Å². The average molecular weight is 368 g/mol. The first-order chi connectivity index (χ1) is 13.3. The molecule has 3 saturated heterocycles. The van der Waals surface area contributed by atoms with Gasteiger partial charge in [0.15, 0.2) is 12.4 Å². The average Bonchev–Trinajstić information content (AvgIpc) is 3.43. The molecule has 6 heteroatoms. The Labute approximate surface area is 156 Å². The van der Waals surface area contributed by atoms with Crippen molar-refractivity contribution in [2.75, 3.05) is 6.61 Å². The second kappa shape index (κ2) is 7.05. The molecule has 0 spiro atoms. The van der Waals surface area contributed by atoms with E-state index in [1.165, 1.54) is 0 Å². The zero-order chi connectivity index (χ0) is 18.2. The third kappa shape index (κ3) is 3.37. The van der Waals surface area contributed by atoms with Gasteiger partial charge in [0, 0.05) is 0 Å². The first kappa shape index (κ1) is 16.9. The second-order valence-corrected chi connectivity index (χ2v) is 6.95. The van der Waals surface area contributed by atoms with Crippen molar-refractivity contribution in [3.8, 4) is 0 Å². The highest BCUT2D eigenvalue weighted by Gasteiger charge is 2.66. The normalized spacial score (nSPS) is 33.3. The molecule has 140 valence electrons. The fourth-order valence-electron chi connectivity index (χ4n) is 3.68. The van der Waals surface area contributed by atoms with Crippen LogP contribution >= 0.6 is 0 Å². The van der Waals surface area contributed by atoms with Gasteiger partial charge in [-0.2, -0.15) is 0 Å². The number of carbonyl (C=O) groups excluding carboxylic acids is 1. The summed E-state index contributed by atoms with van der Waals surface area (Å²) >= 11 is 0. The Morgan fingerprint density at radius 3 is 2.37 bits per heavy atom. The van der Waals surface area contributed by atoms with Crippen LogP contribution in [0.4, 0.5) is 0 Å². The van der Waals surface area contributed by atoms with Gasteiger partial charge >= 0.3 is 5.97 Å². The van der Waals surface area contributed by atoms with Crippen molar-refractivity contribution in [1.29, 1.82) is 0 Å². The van der Waals surface area contributed by atoms with Gasteiger partial charge in [-0.15, -0.1) is 0 Å². The molecule has 3 heterocycles. The summed E-state index contributed by atoms with van der Waals surface area (Å²) in [5.41, 5.74) is 1.60. The fraction of sp³-hybridized carbons (Fsp3) is 0.381. The van der Waals surface area contributed by atoms with E-state index in [1.807, 2.05) is 36.4 Å². The standard InChI is InChI=1S/C21H20O6/c22-20(14-9-5-2-6-10-14)26-17-16-15(24-21(27-16)19-18(17)25-19)12-23-11-13-7-3-1-4-8-13/h1-10,15-19,21H,11-12H2/t15-,16+,17-,18+,19+,21+/m0/s1. The number of hydrogen-bond donors (Lipinski definition) is 0. The smallest absolute Gasteiger partial charge is 0.338 e. The predicted octanol–water partition coefficient (Wildman–Crippen LogP) is 2.32. The van der Waals surface area contributed by atoms with Crippen molar-refractivity contribution >= 4 is 5.97 Å². The minimum Gasteiger partial charge on any atom is -0.453 e. The number of carbonyl (C=O) groups is 1. The molecule has 0 radical (unpaired) electrons. The largest absolute Gasteiger partial charge is 0.453 e. The van der Waals surface area contributed by atoms with Crippen LogP contribution in [0.15, 0.2) is 60.7 Å². The summed E-state index contributed by atoms with van der Waals surface area (Å²) in [5, 5.41) is 0. The highest BCUT2D eigenvalue weighted by molar-refractivity contribution is 5.89. The summed E-state index contributed by atoms with van der Waals surface area (Å²) in [7, 11) is 0. The van der Waals surface area contributed by atoms with Crippen LogP contribution in [-0.2, 0) is 30.3 Å². The summed E-state index contributed by atoms with van der Waals surface area (Å²) in [6.07, 6.45) is -1.91. The summed E-state index contributed by atoms with van der Waals surface area (Å²) < 4.78 is 29.0. The molecule has 0 amide bonds. The van der Waals surface area contributed by atoms with Crippen LogP contribution in [-0.4, -0.2) is 49.4 Å². The van der Waals surface area contributed by atoms with Gasteiger partial charge in [0.05, 0.1) is 18.8 Å². The van der Waals surface area contributed by atoms with E-state index in [1.54, 1.807) is 24.3 Å². The van der Waals surface area contributed by atoms with Gasteiger partial charge in [-0.05, 0) is 17.7 Å². The molecular formula is C21H20O6. The molecule has 3 aliphatic rings. The Balaban J connectivity index is 1.23. The van der Waals surface area contributed by atoms with Gasteiger partial charge in [0.2, 0.25) is 0 Å². The number of fused-ring (bicyclic) bond motifs is 4. The molecule has 3 fully saturated rings. The van der Waals surface area contributed by atoms with Crippen LogP contribution < -0.4 is 0 Å². The van der Waals surface area contributed by atoms with Crippen LogP contribution in [0.3, 0.4) is 0 Å². The third-order valence-electron chi connectivity index (χ3n) is 5.09.